The monoisotopic (exact) mass is 2260 g/mol. The van der Waals surface area contributed by atoms with E-state index in [0.29, 0.717) is 70.9 Å². The fourth-order valence-electron chi connectivity index (χ4n) is 18.7. The molecule has 5 aliphatic rings. The van der Waals surface area contributed by atoms with E-state index in [1.807, 2.05) is 109 Å². The number of halogens is 13. The Morgan fingerprint density at radius 2 is 0.800 bits per heavy atom. The number of benzene rings is 5. The molecular formula is C105H104Br2Cl3F8N17O5S5. The summed E-state index contributed by atoms with van der Waals surface area (Å²) >= 11 is 33.7. The fraction of sp³-hybridized carbons (Fsp3) is 0.333. The molecule has 760 valence electrons. The van der Waals surface area contributed by atoms with E-state index in [4.69, 9.17) is 57.7 Å². The highest BCUT2D eigenvalue weighted by molar-refractivity contribution is 9.11. The number of likely N-dealkylation sites (N-methyl/N-ethyl adjacent to an activating group) is 1. The van der Waals surface area contributed by atoms with Gasteiger partial charge in [-0.3, -0.25) is 47.4 Å². The minimum atomic E-state index is -4.40. The standard InChI is InChI=1S/C22H21ClF3N3OS.C22H24ClFN4OS.2C21H20BrF2N3OS.C19H19ClN4OS/c23-17-12-28-29-6-2-5-19-16(21(17)29)10-20(31-19)18(30)9-14(11-27)7-13-3-1-4-15(8-13)22(24,25)26;1-27(2)13-16(10-14-5-3-6-15(24)9-14)26-22(29)20-11-17-19(30-20)7-4-8-28-21(17)18(23)12-25-28;22-15-11-26-27-6-2-5-18-14(21(15)27)9-19(29-18)17(28)8-12(10-25)7-13-3-1-4-16(23)20(13)24;22-16-11-26-27-5-1-2-19-15(21(16)27)9-20(29-19)18(28)7-12(10-25)6-13-8-14(23)3-4-17(13)24;20-14-11-22-24-8-4-7-16-13(18(14)24)9-17(26-16)19(25)23-15(10-21)12-5-2-1-3-6-12/h1,3-4,8,10,12,14H,2,5-7,9,11,27H2;3,5-6,9,11-12,16H,4,7-8,10,13H2,1-2H3,(H,26,29);1,3-4,9,11-12H,2,5-8,10,25H2;3-4,8-9,11-12H,1-2,5-7,10,25H2;1-3,5-6,9,11,15H,4,7-8,10,21H2,(H,23,25). The van der Waals surface area contributed by atoms with Gasteiger partial charge in [0, 0.05) is 123 Å². The summed E-state index contributed by atoms with van der Waals surface area (Å²) in [7, 11) is 3.92. The lowest BCUT2D eigenvalue weighted by Crippen LogP contribution is -2.43. The molecule has 5 unspecified atom stereocenters. The third-order valence-electron chi connectivity index (χ3n) is 25.7. The molecule has 2 amide bonds. The SMILES string of the molecule is CN(C)CC(Cc1cccc(F)c1)NC(=O)c1cc2c(s1)CCCn1ncc(Cl)c1-2.NCC(CC(=O)c1cc2c(s1)CCCn1ncc(Br)c1-2)Cc1cc(F)ccc1F.NCC(CC(=O)c1cc2c(s1)CCCn1ncc(Br)c1-2)Cc1cccc(F)c1F.NCC(CC(=O)c1cc2c(s1)CCCn1ncc(Cl)c1-2)Cc1cccc(C(F)(F)F)c1.NCC(NC(=O)c1cc2c(s1)CCCn1ncc(Cl)c1-2)c1ccccc1. The second kappa shape index (κ2) is 48.8. The van der Waals surface area contributed by atoms with E-state index in [1.165, 1.54) is 108 Å². The van der Waals surface area contributed by atoms with Crippen LogP contribution in [0.15, 0.2) is 186 Å². The van der Waals surface area contributed by atoms with Gasteiger partial charge in [-0.05, 0) is 274 Å². The zero-order valence-corrected chi connectivity index (χ0v) is 88.5. The normalized spacial score (nSPS) is 14.3. The largest absolute Gasteiger partial charge is 0.416 e. The number of ketones is 3. The predicted molar refractivity (Wildman–Crippen MR) is 565 cm³/mol. The van der Waals surface area contributed by atoms with Crippen LogP contribution < -0.4 is 33.6 Å². The maximum atomic E-state index is 14.0. The number of nitrogens with two attached hydrogens (primary N) is 4. The summed E-state index contributed by atoms with van der Waals surface area (Å²) in [4.78, 5) is 75.9. The molecule has 5 aliphatic heterocycles. The van der Waals surface area contributed by atoms with Crippen molar-refractivity contribution >= 4 is 153 Å². The van der Waals surface area contributed by atoms with E-state index < -0.39 is 35.0 Å². The van der Waals surface area contributed by atoms with Crippen molar-refractivity contribution in [3.63, 3.8) is 0 Å². The highest BCUT2D eigenvalue weighted by atomic mass is 79.9. The topological polar surface area (TPSA) is 306 Å². The van der Waals surface area contributed by atoms with Gasteiger partial charge >= 0.3 is 6.18 Å². The summed E-state index contributed by atoms with van der Waals surface area (Å²) in [5.74, 6) is -4.03. The van der Waals surface area contributed by atoms with E-state index in [0.717, 1.165) is 213 Å². The van der Waals surface area contributed by atoms with Crippen molar-refractivity contribution in [3.8, 4) is 56.3 Å². The molecule has 0 bridgehead atoms. The number of fused-ring (bicyclic) bond motifs is 15. The van der Waals surface area contributed by atoms with E-state index in [9.17, 15) is 59.1 Å². The molecule has 0 saturated carbocycles. The van der Waals surface area contributed by atoms with Gasteiger partial charge in [-0.2, -0.15) is 38.7 Å². The molecule has 5 aromatic carbocycles. The van der Waals surface area contributed by atoms with Gasteiger partial charge in [0.2, 0.25) is 0 Å². The molecule has 0 fully saturated rings. The smallest absolute Gasteiger partial charge is 0.347 e. The zero-order chi connectivity index (χ0) is 103. The summed E-state index contributed by atoms with van der Waals surface area (Å²) in [6.07, 6.45) is 15.3. The first-order chi connectivity index (χ1) is 69.8. The average molecular weight is 2260 g/mol. The average Bonchev–Trinajstić information content (AvgIpc) is 1.65. The maximum Gasteiger partial charge on any atom is 0.416 e. The number of rotatable bonds is 28. The van der Waals surface area contributed by atoms with Crippen molar-refractivity contribution in [1.29, 1.82) is 0 Å². The van der Waals surface area contributed by atoms with Crippen LogP contribution in [0.3, 0.4) is 0 Å². The van der Waals surface area contributed by atoms with Gasteiger partial charge in [0.1, 0.15) is 17.5 Å². The molecule has 5 atom stereocenters. The number of alkyl halides is 3. The van der Waals surface area contributed by atoms with Gasteiger partial charge < -0.3 is 38.5 Å². The van der Waals surface area contributed by atoms with Crippen LogP contribution in [0, 0.1) is 46.8 Å². The predicted octanol–water partition coefficient (Wildman–Crippen LogP) is 23.5. The summed E-state index contributed by atoms with van der Waals surface area (Å²) in [5.41, 5.74) is 35.3. The highest BCUT2D eigenvalue weighted by Gasteiger charge is 2.35. The number of nitrogens with one attached hydrogen (secondary N) is 2. The van der Waals surface area contributed by atoms with E-state index in [1.54, 1.807) is 43.1 Å². The van der Waals surface area contributed by atoms with E-state index in [-0.39, 0.29) is 128 Å². The molecule has 15 aromatic rings. The third-order valence-corrected chi connectivity index (χ3v) is 33.8. The minimum Gasteiger partial charge on any atom is -0.347 e. The molecule has 0 spiro atoms. The van der Waals surface area contributed by atoms with Gasteiger partial charge in [0.25, 0.3) is 11.8 Å². The van der Waals surface area contributed by atoms with Crippen LogP contribution in [0.25, 0.3) is 56.3 Å². The van der Waals surface area contributed by atoms with Crippen LogP contribution in [0.4, 0.5) is 35.1 Å². The van der Waals surface area contributed by atoms with Crippen molar-refractivity contribution in [2.75, 3.05) is 46.8 Å². The molecule has 40 heteroatoms. The summed E-state index contributed by atoms with van der Waals surface area (Å²) < 4.78 is 119. The Hall–Kier alpha value is -10.3. The molecule has 10 aromatic heterocycles. The van der Waals surface area contributed by atoms with Crippen molar-refractivity contribution in [1.82, 2.24) is 64.4 Å². The van der Waals surface area contributed by atoms with Crippen molar-refractivity contribution in [3.05, 3.63) is 312 Å². The van der Waals surface area contributed by atoms with Crippen LogP contribution in [0.2, 0.25) is 15.1 Å². The van der Waals surface area contributed by atoms with E-state index in [2.05, 4.69) is 68.0 Å². The molecule has 145 heavy (non-hydrogen) atoms. The lowest BCUT2D eigenvalue weighted by molar-refractivity contribution is -0.137. The number of carbonyl (C=O) groups is 5. The molecular weight excluding hydrogens is 2160 g/mol. The molecule has 0 saturated heterocycles. The Kier molecular flexibility index (Phi) is 36.1. The lowest BCUT2D eigenvalue weighted by Gasteiger charge is -2.22. The van der Waals surface area contributed by atoms with Crippen LogP contribution in [0.1, 0.15) is 164 Å². The van der Waals surface area contributed by atoms with Gasteiger partial charge in [0.05, 0.1) is 119 Å². The number of hydrogen-bond donors (Lipinski definition) is 6. The summed E-state index contributed by atoms with van der Waals surface area (Å²) in [5, 5.41) is 29.8. The first-order valence-corrected chi connectivity index (χ1v) is 54.3. The van der Waals surface area contributed by atoms with Gasteiger partial charge in [0.15, 0.2) is 29.0 Å². The molecule has 10 N–H and O–H groups in total. The maximum absolute atomic E-state index is 14.0. The number of aromatic nitrogens is 10. The Balaban J connectivity index is 0.000000130. The first-order valence-electron chi connectivity index (χ1n) is 47.5. The second-order valence-electron chi connectivity index (χ2n) is 36.5. The van der Waals surface area contributed by atoms with Gasteiger partial charge in [-0.25, -0.2) is 22.0 Å². The molecule has 0 radical (unpaired) electrons. The minimum absolute atomic E-state index is 0.0162. The Labute approximate surface area is 884 Å². The summed E-state index contributed by atoms with van der Waals surface area (Å²) in [6.45, 7) is 5.81. The van der Waals surface area contributed by atoms with Crippen LogP contribution >= 0.6 is 123 Å². The quantitative estimate of drug-likeness (QED) is 0.0196. The fourth-order valence-corrected chi connectivity index (χ4v) is 26.1. The third kappa shape index (κ3) is 26.2. The number of amides is 2. The molecule has 20 rings (SSSR count). The van der Waals surface area contributed by atoms with Gasteiger partial charge in [-0.15, -0.1) is 56.7 Å². The lowest BCUT2D eigenvalue weighted by atomic mass is 9.93. The van der Waals surface area contributed by atoms with Crippen LogP contribution in [-0.2, 0) is 96.7 Å². The van der Waals surface area contributed by atoms with E-state index >= 15 is 0 Å². The number of Topliss-reactive ketones (excluding diaryl/α,β-unsaturated/α-hetero) is 3. The highest BCUT2D eigenvalue weighted by Crippen LogP contribution is 2.46. The second-order valence-corrected chi connectivity index (χ2v) is 45.1. The number of nitrogens with zero attached hydrogens (tertiary/aromatic N) is 11. The van der Waals surface area contributed by atoms with Crippen molar-refractivity contribution in [2.24, 2.45) is 40.7 Å². The van der Waals surface area contributed by atoms with Crippen LogP contribution in [-0.4, -0.2) is 136 Å². The first kappa shape index (κ1) is 107. The Morgan fingerprint density at radius 1 is 0.414 bits per heavy atom. The zero-order valence-electron chi connectivity index (χ0n) is 78.9. The van der Waals surface area contributed by atoms with Crippen molar-refractivity contribution < 1.29 is 59.1 Å². The number of carbonyl (C=O) groups excluding carboxylic acids is 5. The Bertz CT molecular complexity index is 7050. The van der Waals surface area contributed by atoms with Crippen molar-refractivity contribution in [2.45, 2.75) is 160 Å². The molecule has 15 heterocycles. The number of thiophene rings is 5. The van der Waals surface area contributed by atoms with Crippen LogP contribution in [0.5, 0.6) is 0 Å². The Morgan fingerprint density at radius 3 is 1.23 bits per heavy atom. The number of hydrogen-bond acceptors (Lipinski definition) is 20. The molecule has 22 nitrogen and oxygen atoms in total. The summed E-state index contributed by atoms with van der Waals surface area (Å²) in [6, 6.07) is 38.2. The van der Waals surface area contributed by atoms with Gasteiger partial charge in [-0.1, -0.05) is 108 Å². The molecule has 0 aliphatic carbocycles. The number of aryl methyl sites for hydroxylation is 10.